The third-order valence-corrected chi connectivity index (χ3v) is 5.11. The first kappa shape index (κ1) is 10.8. The minimum atomic E-state index is 1.31. The summed E-state index contributed by atoms with van der Waals surface area (Å²) in [6, 6.07) is 27.0. The molecule has 22 heavy (non-hydrogen) atoms. The average Bonchev–Trinajstić information content (AvgIpc) is 2.58. The normalized spacial score (nSPS) is 12.5. The molecule has 2 bridgehead atoms. The van der Waals surface area contributed by atoms with Crippen LogP contribution in [0, 0.1) is 0 Å². The summed E-state index contributed by atoms with van der Waals surface area (Å²) in [5, 5.41) is 13.7. The highest BCUT2D eigenvalue weighted by Gasteiger charge is 2.14. The van der Waals surface area contributed by atoms with Crippen molar-refractivity contribution in [1.29, 1.82) is 0 Å². The molecule has 6 aromatic carbocycles. The van der Waals surface area contributed by atoms with Crippen LogP contribution in [0.15, 0.2) is 72.8 Å². The maximum atomic E-state index is 2.34. The van der Waals surface area contributed by atoms with Crippen LogP contribution in [0.5, 0.6) is 0 Å². The first-order valence-electron chi connectivity index (χ1n) is 7.71. The lowest BCUT2D eigenvalue weighted by Gasteiger charge is -2.16. The maximum absolute atomic E-state index is 2.34. The van der Waals surface area contributed by atoms with Gasteiger partial charge < -0.3 is 0 Å². The van der Waals surface area contributed by atoms with Crippen molar-refractivity contribution in [3.05, 3.63) is 72.8 Å². The van der Waals surface area contributed by atoms with Crippen molar-refractivity contribution in [2.45, 2.75) is 0 Å². The van der Waals surface area contributed by atoms with Crippen molar-refractivity contribution in [2.75, 3.05) is 0 Å². The highest BCUT2D eigenvalue weighted by atomic mass is 14.2. The summed E-state index contributed by atoms with van der Waals surface area (Å²) < 4.78 is 0. The Hall–Kier alpha value is -2.86. The van der Waals surface area contributed by atoms with Gasteiger partial charge in [0.2, 0.25) is 0 Å². The molecule has 0 nitrogen and oxygen atoms in total. The van der Waals surface area contributed by atoms with Crippen LogP contribution >= 0.6 is 0 Å². The number of rotatable bonds is 0. The SMILES string of the molecule is c1cc2cccc3c4cc5ccc6ccc(c(c1)c23)c4c6c5. The third kappa shape index (κ3) is 1.12. The van der Waals surface area contributed by atoms with Gasteiger partial charge in [-0.15, -0.1) is 0 Å². The molecule has 0 spiro atoms. The molecule has 0 amide bonds. The Morgan fingerprint density at radius 3 is 1.95 bits per heavy atom. The van der Waals surface area contributed by atoms with Crippen molar-refractivity contribution in [3.8, 4) is 0 Å². The summed E-state index contributed by atoms with van der Waals surface area (Å²) in [6.07, 6.45) is 0. The summed E-state index contributed by atoms with van der Waals surface area (Å²) in [5.74, 6) is 0. The third-order valence-electron chi connectivity index (χ3n) is 5.11. The number of hydrogen-bond donors (Lipinski definition) is 0. The second kappa shape index (κ2) is 3.48. The van der Waals surface area contributed by atoms with Crippen molar-refractivity contribution in [1.82, 2.24) is 0 Å². The molecule has 0 aliphatic rings. The molecule has 0 aliphatic heterocycles. The summed E-state index contributed by atoms with van der Waals surface area (Å²) >= 11 is 0. The van der Waals surface area contributed by atoms with Crippen LogP contribution in [0.2, 0.25) is 0 Å². The molecule has 6 aromatic rings. The van der Waals surface area contributed by atoms with Gasteiger partial charge in [0.25, 0.3) is 0 Å². The van der Waals surface area contributed by atoms with Crippen LogP contribution in [0.1, 0.15) is 0 Å². The second-order valence-electron chi connectivity index (χ2n) is 6.24. The molecule has 0 heterocycles. The van der Waals surface area contributed by atoms with Gasteiger partial charge in [0.1, 0.15) is 0 Å². The average molecular weight is 276 g/mol. The molecule has 0 atom stereocenters. The lowest BCUT2D eigenvalue weighted by molar-refractivity contribution is 1.79. The van der Waals surface area contributed by atoms with E-state index in [9.17, 15) is 0 Å². The first-order valence-corrected chi connectivity index (χ1v) is 7.71. The van der Waals surface area contributed by atoms with E-state index in [2.05, 4.69) is 72.8 Å². The molecule has 100 valence electrons. The summed E-state index contributed by atoms with van der Waals surface area (Å²) in [4.78, 5) is 0. The van der Waals surface area contributed by atoms with E-state index in [1.807, 2.05) is 0 Å². The Bertz CT molecular complexity index is 1300. The van der Waals surface area contributed by atoms with E-state index < -0.39 is 0 Å². The van der Waals surface area contributed by atoms with Gasteiger partial charge in [-0.1, -0.05) is 60.7 Å². The van der Waals surface area contributed by atoms with Crippen LogP contribution < -0.4 is 0 Å². The fourth-order valence-electron chi connectivity index (χ4n) is 4.18. The molecule has 0 aromatic heterocycles. The smallest absolute Gasteiger partial charge is 0.00199 e. The van der Waals surface area contributed by atoms with Crippen LogP contribution in [-0.4, -0.2) is 0 Å². The zero-order valence-corrected chi connectivity index (χ0v) is 11.9. The Balaban J connectivity index is 2.15. The minimum Gasteiger partial charge on any atom is -0.0610 e. The first-order chi connectivity index (χ1) is 10.9. The van der Waals surface area contributed by atoms with E-state index in [0.717, 1.165) is 0 Å². The molecule has 0 heteroatoms. The maximum Gasteiger partial charge on any atom is -0.00199 e. The van der Waals surface area contributed by atoms with Gasteiger partial charge >= 0.3 is 0 Å². The summed E-state index contributed by atoms with van der Waals surface area (Å²) in [7, 11) is 0. The molecule has 0 fully saturated rings. The molecule has 0 saturated heterocycles. The lowest BCUT2D eigenvalue weighted by Crippen LogP contribution is -1.88. The standard InChI is InChI=1S/C22H12/c1-3-15-4-2-6-17-20-12-13-7-8-14-9-10-18(16(5-1)21(15)17)22(20)19(14)11-13/h1-12H. The van der Waals surface area contributed by atoms with Crippen molar-refractivity contribution < 1.29 is 0 Å². The van der Waals surface area contributed by atoms with Crippen molar-refractivity contribution in [2.24, 2.45) is 0 Å². The molecule has 0 saturated carbocycles. The molecule has 0 N–H and O–H groups in total. The van der Waals surface area contributed by atoms with Crippen molar-refractivity contribution >= 4 is 53.9 Å². The second-order valence-corrected chi connectivity index (χ2v) is 6.24. The molecule has 0 unspecified atom stereocenters. The molecule has 0 aliphatic carbocycles. The Morgan fingerprint density at radius 2 is 1.09 bits per heavy atom. The zero-order chi connectivity index (χ0) is 14.3. The number of benzene rings is 6. The van der Waals surface area contributed by atoms with Gasteiger partial charge in [0.05, 0.1) is 0 Å². The fraction of sp³-hybridized carbons (Fsp3) is 0. The van der Waals surface area contributed by atoms with Gasteiger partial charge in [-0.25, -0.2) is 0 Å². The zero-order valence-electron chi connectivity index (χ0n) is 11.9. The Kier molecular flexibility index (Phi) is 1.71. The highest BCUT2D eigenvalue weighted by Crippen LogP contribution is 2.42. The van der Waals surface area contributed by atoms with E-state index in [1.54, 1.807) is 0 Å². The van der Waals surface area contributed by atoms with E-state index in [4.69, 9.17) is 0 Å². The Labute approximate surface area is 127 Å². The van der Waals surface area contributed by atoms with E-state index in [0.29, 0.717) is 0 Å². The lowest BCUT2D eigenvalue weighted by atomic mass is 9.87. The van der Waals surface area contributed by atoms with Gasteiger partial charge in [0.15, 0.2) is 0 Å². The van der Waals surface area contributed by atoms with Crippen LogP contribution in [-0.2, 0) is 0 Å². The van der Waals surface area contributed by atoms with E-state index in [-0.39, 0.29) is 0 Å². The van der Waals surface area contributed by atoms with Crippen LogP contribution in [0.3, 0.4) is 0 Å². The van der Waals surface area contributed by atoms with Gasteiger partial charge in [0, 0.05) is 0 Å². The van der Waals surface area contributed by atoms with Crippen LogP contribution in [0.25, 0.3) is 53.9 Å². The fourth-order valence-corrected chi connectivity index (χ4v) is 4.18. The quantitative estimate of drug-likeness (QED) is 0.225. The van der Waals surface area contributed by atoms with E-state index >= 15 is 0 Å². The molecular weight excluding hydrogens is 264 g/mol. The number of fused-ring (bicyclic) bond motifs is 3. The monoisotopic (exact) mass is 276 g/mol. The summed E-state index contributed by atoms with van der Waals surface area (Å²) in [6.45, 7) is 0. The van der Waals surface area contributed by atoms with Gasteiger partial charge in [-0.05, 0) is 66.0 Å². The van der Waals surface area contributed by atoms with Gasteiger partial charge in [-0.3, -0.25) is 0 Å². The topological polar surface area (TPSA) is 0 Å². The predicted molar refractivity (Wildman–Crippen MR) is 96.3 cm³/mol. The highest BCUT2D eigenvalue weighted by molar-refractivity contribution is 6.35. The molecular formula is C22H12. The molecule has 0 radical (unpaired) electrons. The van der Waals surface area contributed by atoms with Crippen molar-refractivity contribution in [3.63, 3.8) is 0 Å². The largest absolute Gasteiger partial charge is 0.0610 e. The molecule has 6 rings (SSSR count). The van der Waals surface area contributed by atoms with Gasteiger partial charge in [-0.2, -0.15) is 0 Å². The van der Waals surface area contributed by atoms with Crippen LogP contribution in [0.4, 0.5) is 0 Å². The predicted octanol–water partition coefficient (Wildman–Crippen LogP) is 6.33. The summed E-state index contributed by atoms with van der Waals surface area (Å²) in [5.41, 5.74) is 0. The Morgan fingerprint density at radius 1 is 0.409 bits per heavy atom. The number of hydrogen-bond acceptors (Lipinski definition) is 0. The van der Waals surface area contributed by atoms with E-state index in [1.165, 1.54) is 53.9 Å². The minimum absolute atomic E-state index is 1.31.